The van der Waals surface area contributed by atoms with Gasteiger partial charge in [0.15, 0.2) is 0 Å². The molecule has 3 N–H and O–H groups in total. The van der Waals surface area contributed by atoms with Crippen molar-refractivity contribution < 1.29 is 15.3 Å². The molecule has 170 valence electrons. The fourth-order valence-corrected chi connectivity index (χ4v) is 5.22. The topological polar surface area (TPSA) is 60.7 Å². The predicted octanol–water partition coefficient (Wildman–Crippen LogP) is 6.01. The van der Waals surface area contributed by atoms with E-state index in [1.165, 1.54) is 0 Å². The molecule has 0 bridgehead atoms. The zero-order valence-electron chi connectivity index (χ0n) is 17.8. The van der Waals surface area contributed by atoms with Crippen LogP contribution in [0.2, 0.25) is 0 Å². The highest BCUT2D eigenvalue weighted by Gasteiger charge is 2.17. The summed E-state index contributed by atoms with van der Waals surface area (Å²) < 4.78 is 0. The third-order valence-electron chi connectivity index (χ3n) is 5.76. The van der Waals surface area contributed by atoms with Crippen LogP contribution in [0.25, 0.3) is 0 Å². The molecule has 0 radical (unpaired) electrons. The average Bonchev–Trinajstić information content (AvgIpc) is 2.77. The molecule has 3 nitrogen and oxygen atoms in total. The summed E-state index contributed by atoms with van der Waals surface area (Å²) >= 11 is 17.3. The van der Waals surface area contributed by atoms with Crippen LogP contribution >= 0.6 is 50.5 Å². The molecule has 0 aromatic heterocycles. The normalized spacial score (nSPS) is 11.2. The Morgan fingerprint density at radius 2 is 0.906 bits per heavy atom. The second-order valence-corrected chi connectivity index (χ2v) is 9.10. The zero-order valence-corrected chi connectivity index (χ0v) is 21.4. The van der Waals surface area contributed by atoms with Crippen molar-refractivity contribution in [1.29, 1.82) is 0 Å². The first-order chi connectivity index (χ1) is 15.3. The predicted molar refractivity (Wildman–Crippen MR) is 145 cm³/mol. The maximum absolute atomic E-state index is 11.1. The Bertz CT molecular complexity index is 1040. The smallest absolute Gasteiger partial charge is 0.123 e. The van der Waals surface area contributed by atoms with Gasteiger partial charge in [0.05, 0.1) is 0 Å². The summed E-state index contributed by atoms with van der Waals surface area (Å²) in [5.41, 5.74) is 7.47. The van der Waals surface area contributed by atoms with Crippen molar-refractivity contribution in [2.75, 3.05) is 0 Å². The first-order valence-electron chi connectivity index (χ1n) is 10.2. The molecule has 3 aromatic rings. The lowest BCUT2D eigenvalue weighted by Crippen LogP contribution is -2.01. The van der Waals surface area contributed by atoms with E-state index in [9.17, 15) is 15.3 Å². The van der Waals surface area contributed by atoms with Gasteiger partial charge in [0.1, 0.15) is 17.2 Å². The Balaban J connectivity index is 2.01. The lowest BCUT2D eigenvalue weighted by Gasteiger charge is -2.17. The van der Waals surface area contributed by atoms with Crippen molar-refractivity contribution >= 4 is 50.5 Å². The number of aryl methyl sites for hydroxylation is 1. The molecule has 0 spiro atoms. The molecule has 0 heterocycles. The van der Waals surface area contributed by atoms with Crippen LogP contribution < -0.4 is 0 Å². The highest BCUT2D eigenvalue weighted by molar-refractivity contribution is 7.79. The van der Waals surface area contributed by atoms with E-state index in [-0.39, 0.29) is 17.2 Å². The maximum atomic E-state index is 11.1. The minimum absolute atomic E-state index is 0.220. The van der Waals surface area contributed by atoms with E-state index in [1.54, 1.807) is 0 Å². The Kier molecular flexibility index (Phi) is 8.67. The summed E-state index contributed by atoms with van der Waals surface area (Å²) in [6, 6.07) is 11.6. The molecule has 0 aliphatic rings. The van der Waals surface area contributed by atoms with Gasteiger partial charge in [0.25, 0.3) is 0 Å². The minimum atomic E-state index is 0.220. The first-order valence-corrected chi connectivity index (χ1v) is 12.8. The van der Waals surface area contributed by atoms with Gasteiger partial charge in [-0.3, -0.25) is 0 Å². The van der Waals surface area contributed by atoms with Crippen LogP contribution in [0, 0.1) is 6.92 Å². The molecule has 32 heavy (non-hydrogen) atoms. The van der Waals surface area contributed by atoms with Gasteiger partial charge in [0.2, 0.25) is 0 Å². The Morgan fingerprint density at radius 3 is 1.25 bits per heavy atom. The molecule has 3 rings (SSSR count). The molecule has 0 saturated carbocycles. The lowest BCUT2D eigenvalue weighted by atomic mass is 9.91. The number of hydrogen-bond acceptors (Lipinski definition) is 7. The van der Waals surface area contributed by atoms with Gasteiger partial charge in [-0.2, -0.15) is 50.5 Å². The van der Waals surface area contributed by atoms with Crippen molar-refractivity contribution in [1.82, 2.24) is 0 Å². The summed E-state index contributed by atoms with van der Waals surface area (Å²) in [6.45, 7) is 1.99. The Morgan fingerprint density at radius 1 is 0.531 bits per heavy atom. The van der Waals surface area contributed by atoms with Gasteiger partial charge >= 0.3 is 0 Å². The number of aromatic hydroxyl groups is 3. The van der Waals surface area contributed by atoms with E-state index in [1.807, 2.05) is 43.3 Å². The summed E-state index contributed by atoms with van der Waals surface area (Å²) in [7, 11) is 0. The maximum Gasteiger partial charge on any atom is 0.123 e. The minimum Gasteiger partial charge on any atom is -0.507 e. The number of hydrogen-bond donors (Lipinski definition) is 7. The van der Waals surface area contributed by atoms with E-state index in [0.29, 0.717) is 35.9 Å². The van der Waals surface area contributed by atoms with Crippen molar-refractivity contribution in [3.8, 4) is 17.2 Å². The van der Waals surface area contributed by atoms with Crippen LogP contribution in [0.4, 0.5) is 0 Å². The molecule has 0 atom stereocenters. The van der Waals surface area contributed by atoms with Gasteiger partial charge in [0, 0.05) is 58.1 Å². The number of phenols is 3. The van der Waals surface area contributed by atoms with Gasteiger partial charge in [-0.1, -0.05) is 42.0 Å². The van der Waals surface area contributed by atoms with E-state index in [4.69, 9.17) is 0 Å². The van der Waals surface area contributed by atoms with Gasteiger partial charge < -0.3 is 15.3 Å². The third kappa shape index (κ3) is 5.16. The molecular formula is C25H28O3S4. The number of thiol groups is 4. The fourth-order valence-electron chi connectivity index (χ4n) is 4.01. The Hall–Kier alpha value is -1.54. The molecule has 7 heteroatoms. The van der Waals surface area contributed by atoms with E-state index in [2.05, 4.69) is 50.5 Å². The third-order valence-corrected chi connectivity index (χ3v) is 7.07. The molecule has 0 unspecified atom stereocenters. The van der Waals surface area contributed by atoms with Crippen LogP contribution in [0.5, 0.6) is 17.2 Å². The van der Waals surface area contributed by atoms with E-state index < -0.39 is 0 Å². The average molecular weight is 505 g/mol. The number of rotatable bonds is 8. The summed E-state index contributed by atoms with van der Waals surface area (Å²) in [6.07, 6.45) is 0.945. The standard InChI is InChI=1S/C25H28O3S4/c1-14-6-19(8-15-2-4-17(10-29)24(27)21(15)12-31)23(26)20(7-14)9-16-3-5-18(11-30)25(28)22(16)13-32/h2-7,26-32H,8-13H2,1H3. The van der Waals surface area contributed by atoms with Crippen molar-refractivity contribution in [3.63, 3.8) is 0 Å². The zero-order chi connectivity index (χ0) is 23.4. The molecule has 0 fully saturated rings. The SMILES string of the molecule is Cc1cc(Cc2ccc(CS)c(O)c2CS)c(O)c(Cc2ccc(CS)c(O)c2CS)c1. The Labute approximate surface area is 211 Å². The van der Waals surface area contributed by atoms with Gasteiger partial charge in [-0.05, 0) is 29.2 Å². The molecule has 0 saturated heterocycles. The van der Waals surface area contributed by atoms with Crippen molar-refractivity contribution in [3.05, 3.63) is 86.5 Å². The highest BCUT2D eigenvalue weighted by Crippen LogP contribution is 2.36. The number of phenolic OH excluding ortho intramolecular Hbond substituents is 3. The van der Waals surface area contributed by atoms with Crippen molar-refractivity contribution in [2.45, 2.75) is 42.8 Å². The van der Waals surface area contributed by atoms with Crippen LogP contribution in [0.3, 0.4) is 0 Å². The first kappa shape index (κ1) is 25.1. The summed E-state index contributed by atoms with van der Waals surface area (Å²) in [4.78, 5) is 0. The van der Waals surface area contributed by atoms with Crippen LogP contribution in [0.1, 0.15) is 50.1 Å². The molecule has 3 aromatic carbocycles. The second kappa shape index (κ2) is 11.1. The molecular weight excluding hydrogens is 477 g/mol. The quantitative estimate of drug-likeness (QED) is 0.192. The lowest BCUT2D eigenvalue weighted by molar-refractivity contribution is 0.459. The molecule has 0 amide bonds. The van der Waals surface area contributed by atoms with Crippen LogP contribution in [0.15, 0.2) is 36.4 Å². The second-order valence-electron chi connectivity index (χ2n) is 7.84. The summed E-state index contributed by atoms with van der Waals surface area (Å²) in [5.74, 6) is 2.34. The highest BCUT2D eigenvalue weighted by atomic mass is 32.1. The monoisotopic (exact) mass is 504 g/mol. The van der Waals surface area contributed by atoms with Gasteiger partial charge in [-0.25, -0.2) is 0 Å². The fraction of sp³-hybridized carbons (Fsp3) is 0.280. The van der Waals surface area contributed by atoms with E-state index >= 15 is 0 Å². The largest absolute Gasteiger partial charge is 0.507 e. The molecule has 0 aliphatic carbocycles. The van der Waals surface area contributed by atoms with Gasteiger partial charge in [-0.15, -0.1) is 0 Å². The summed E-state index contributed by atoms with van der Waals surface area (Å²) in [5, 5.41) is 32.2. The molecule has 0 aliphatic heterocycles. The van der Waals surface area contributed by atoms with Crippen molar-refractivity contribution in [2.24, 2.45) is 0 Å². The van der Waals surface area contributed by atoms with Crippen LogP contribution in [-0.2, 0) is 35.9 Å². The van der Waals surface area contributed by atoms with Crippen LogP contribution in [-0.4, -0.2) is 15.3 Å². The number of benzene rings is 3. The van der Waals surface area contributed by atoms with E-state index in [0.717, 1.165) is 50.1 Å².